The highest BCUT2D eigenvalue weighted by atomic mass is 32.2. The first-order valence-corrected chi connectivity index (χ1v) is 8.19. The van der Waals surface area contributed by atoms with Gasteiger partial charge in [-0.2, -0.15) is 11.8 Å². The molecular weight excluding hydrogens is 264 g/mol. The van der Waals surface area contributed by atoms with Crippen LogP contribution in [0.2, 0.25) is 0 Å². The Morgan fingerprint density at radius 3 is 2.61 bits per heavy atom. The van der Waals surface area contributed by atoms with Crippen LogP contribution in [0, 0.1) is 0 Å². The Morgan fingerprint density at radius 1 is 1.06 bits per heavy atom. The number of aryl methyl sites for hydroxylation is 1. The van der Waals surface area contributed by atoms with E-state index in [1.807, 2.05) is 61.0 Å². The summed E-state index contributed by atoms with van der Waals surface area (Å²) in [6.45, 7) is 3.26. The predicted molar refractivity (Wildman–Crippen MR) is 78.9 cm³/mol. The highest BCUT2D eigenvalue weighted by molar-refractivity contribution is 8.02. The third-order valence-electron chi connectivity index (χ3n) is 2.58. The Balaban J connectivity index is 1.51. The topological polar surface area (TPSA) is 35.6 Å². The van der Waals surface area contributed by atoms with Crippen molar-refractivity contribution in [1.29, 1.82) is 0 Å². The maximum atomic E-state index is 4.07. The van der Waals surface area contributed by atoms with Crippen molar-refractivity contribution < 1.29 is 0 Å². The molecular formula is C12H18N4S2. The molecule has 1 atom stereocenters. The number of hydrogen-bond donors (Lipinski definition) is 0. The van der Waals surface area contributed by atoms with Crippen LogP contribution < -0.4 is 0 Å². The third kappa shape index (κ3) is 4.42. The Morgan fingerprint density at radius 2 is 1.89 bits per heavy atom. The van der Waals surface area contributed by atoms with E-state index in [2.05, 4.69) is 26.0 Å². The predicted octanol–water partition coefficient (Wildman–Crippen LogP) is 2.76. The first-order chi connectivity index (χ1) is 8.86. The number of hydrogen-bond acceptors (Lipinski definition) is 4. The molecule has 2 rings (SSSR count). The summed E-state index contributed by atoms with van der Waals surface area (Å²) in [5.74, 6) is 3.52. The molecule has 0 bridgehead atoms. The van der Waals surface area contributed by atoms with Gasteiger partial charge in [-0.25, -0.2) is 9.97 Å². The normalized spacial score (nSPS) is 12.7. The van der Waals surface area contributed by atoms with Gasteiger partial charge >= 0.3 is 0 Å². The Labute approximate surface area is 116 Å². The zero-order valence-corrected chi connectivity index (χ0v) is 12.1. The highest BCUT2D eigenvalue weighted by Crippen LogP contribution is 2.22. The van der Waals surface area contributed by atoms with Crippen LogP contribution in [0.15, 0.2) is 37.4 Å². The summed E-state index contributed by atoms with van der Waals surface area (Å²) in [6, 6.07) is 0. The van der Waals surface area contributed by atoms with Crippen molar-refractivity contribution in [1.82, 2.24) is 19.1 Å². The summed E-state index contributed by atoms with van der Waals surface area (Å²) in [4.78, 5) is 8.09. The van der Waals surface area contributed by atoms with Crippen molar-refractivity contribution >= 4 is 23.5 Å². The van der Waals surface area contributed by atoms with E-state index in [1.165, 1.54) is 11.5 Å². The van der Waals surface area contributed by atoms with Gasteiger partial charge in [0.25, 0.3) is 0 Å². The van der Waals surface area contributed by atoms with Gasteiger partial charge in [-0.15, -0.1) is 11.8 Å². The molecule has 18 heavy (non-hydrogen) atoms. The average Bonchev–Trinajstić information content (AvgIpc) is 3.05. The highest BCUT2D eigenvalue weighted by Gasteiger charge is 2.03. The van der Waals surface area contributed by atoms with E-state index in [9.17, 15) is 0 Å². The lowest BCUT2D eigenvalue weighted by Crippen LogP contribution is -2.01. The second kappa shape index (κ2) is 7.53. The van der Waals surface area contributed by atoms with Gasteiger partial charge in [0.05, 0.1) is 18.0 Å². The largest absolute Gasteiger partial charge is 0.337 e. The van der Waals surface area contributed by atoms with Gasteiger partial charge in [0, 0.05) is 48.6 Å². The average molecular weight is 282 g/mol. The Bertz CT molecular complexity index is 413. The molecule has 0 amide bonds. The monoisotopic (exact) mass is 282 g/mol. The van der Waals surface area contributed by atoms with Crippen LogP contribution in [-0.2, 0) is 6.54 Å². The molecule has 0 radical (unpaired) electrons. The van der Waals surface area contributed by atoms with E-state index in [0.717, 1.165) is 12.3 Å². The Hall–Kier alpha value is -0.880. The van der Waals surface area contributed by atoms with Gasteiger partial charge in [-0.3, -0.25) is 0 Å². The third-order valence-corrected chi connectivity index (χ3v) is 4.97. The van der Waals surface area contributed by atoms with Crippen LogP contribution in [0.3, 0.4) is 0 Å². The van der Waals surface area contributed by atoms with E-state index in [4.69, 9.17) is 0 Å². The van der Waals surface area contributed by atoms with Gasteiger partial charge in [0.1, 0.15) is 0 Å². The quantitative estimate of drug-likeness (QED) is 0.698. The standard InChI is InChI=1S/C12H18N4S2/c1-12(16-5-3-14-11-16)18-9-8-17-7-6-15-4-2-13-10-15/h2-5,10-12H,6-9H2,1H3. The molecule has 0 saturated carbocycles. The zero-order valence-electron chi connectivity index (χ0n) is 10.5. The van der Waals surface area contributed by atoms with Crippen molar-refractivity contribution in [3.63, 3.8) is 0 Å². The van der Waals surface area contributed by atoms with E-state index in [1.54, 1.807) is 0 Å². The van der Waals surface area contributed by atoms with Gasteiger partial charge in [0.2, 0.25) is 0 Å². The van der Waals surface area contributed by atoms with Crippen LogP contribution in [-0.4, -0.2) is 36.4 Å². The first-order valence-electron chi connectivity index (χ1n) is 5.99. The number of aromatic nitrogens is 4. The SMILES string of the molecule is CC(SCCSCCn1ccnc1)n1ccnc1. The number of rotatable bonds is 8. The van der Waals surface area contributed by atoms with Crippen molar-refractivity contribution in [3.05, 3.63) is 37.4 Å². The minimum Gasteiger partial charge on any atom is -0.337 e. The first kappa shape index (κ1) is 13.5. The maximum Gasteiger partial charge on any atom is 0.0955 e. The lowest BCUT2D eigenvalue weighted by atomic mass is 10.7. The van der Waals surface area contributed by atoms with E-state index >= 15 is 0 Å². The number of nitrogens with zero attached hydrogens (tertiary/aromatic N) is 4. The molecule has 0 aliphatic carbocycles. The van der Waals surface area contributed by atoms with Crippen molar-refractivity contribution in [3.8, 4) is 0 Å². The van der Waals surface area contributed by atoms with Crippen molar-refractivity contribution in [2.24, 2.45) is 0 Å². The molecule has 0 fully saturated rings. The molecule has 4 nitrogen and oxygen atoms in total. The van der Waals surface area contributed by atoms with E-state index in [-0.39, 0.29) is 0 Å². The fourth-order valence-electron chi connectivity index (χ4n) is 1.54. The zero-order chi connectivity index (χ0) is 12.6. The molecule has 2 aromatic rings. The summed E-state index contributed by atoms with van der Waals surface area (Å²) in [6.07, 6.45) is 11.4. The smallest absolute Gasteiger partial charge is 0.0955 e. The molecule has 0 N–H and O–H groups in total. The van der Waals surface area contributed by atoms with E-state index in [0.29, 0.717) is 5.37 Å². The fraction of sp³-hybridized carbons (Fsp3) is 0.500. The Kier molecular flexibility index (Phi) is 5.67. The second-order valence-corrected chi connectivity index (χ2v) is 6.54. The van der Waals surface area contributed by atoms with Crippen LogP contribution in [0.5, 0.6) is 0 Å². The van der Waals surface area contributed by atoms with E-state index < -0.39 is 0 Å². The number of imidazole rings is 2. The molecule has 2 heterocycles. The summed E-state index contributed by atoms with van der Waals surface area (Å²) >= 11 is 3.96. The lowest BCUT2D eigenvalue weighted by Gasteiger charge is -2.12. The molecule has 6 heteroatoms. The van der Waals surface area contributed by atoms with Crippen LogP contribution in [0.1, 0.15) is 12.3 Å². The molecule has 0 saturated heterocycles. The van der Waals surface area contributed by atoms with Crippen LogP contribution in [0.25, 0.3) is 0 Å². The maximum absolute atomic E-state index is 4.07. The fourth-order valence-corrected chi connectivity index (χ4v) is 3.58. The summed E-state index contributed by atoms with van der Waals surface area (Å²) in [5.41, 5.74) is 0. The molecule has 1 unspecified atom stereocenters. The van der Waals surface area contributed by atoms with Gasteiger partial charge in [-0.05, 0) is 6.92 Å². The van der Waals surface area contributed by atoms with Crippen molar-refractivity contribution in [2.75, 3.05) is 17.3 Å². The molecule has 0 aliphatic heterocycles. The van der Waals surface area contributed by atoms with Gasteiger partial charge in [0.15, 0.2) is 0 Å². The lowest BCUT2D eigenvalue weighted by molar-refractivity contribution is 0.739. The summed E-state index contributed by atoms with van der Waals surface area (Å²) in [7, 11) is 0. The van der Waals surface area contributed by atoms with Crippen LogP contribution in [0.4, 0.5) is 0 Å². The molecule has 0 spiro atoms. The summed E-state index contributed by atoms with van der Waals surface area (Å²) < 4.78 is 4.26. The second-order valence-electron chi connectivity index (χ2n) is 3.89. The number of thioether (sulfide) groups is 2. The molecule has 0 aromatic carbocycles. The van der Waals surface area contributed by atoms with Crippen LogP contribution >= 0.6 is 23.5 Å². The summed E-state index contributed by atoms with van der Waals surface area (Å²) in [5, 5.41) is 0.474. The van der Waals surface area contributed by atoms with Gasteiger partial charge in [-0.1, -0.05) is 0 Å². The molecule has 0 aliphatic rings. The molecule has 98 valence electrons. The molecule has 2 aromatic heterocycles. The van der Waals surface area contributed by atoms with Gasteiger partial charge < -0.3 is 9.13 Å². The van der Waals surface area contributed by atoms with Crippen molar-refractivity contribution in [2.45, 2.75) is 18.8 Å². The minimum absolute atomic E-state index is 0.474. The minimum atomic E-state index is 0.474.